The number of amides is 3. The SMILES string of the molecule is CC(C)CC(=O)N1CCC2(CC1)OC[C@H](C(=O)NCc1ccccn1)N2C(=O)c1ccc(F)cc1. The van der Waals surface area contributed by atoms with Crippen LogP contribution >= 0.6 is 0 Å². The Morgan fingerprint density at radius 2 is 1.86 bits per heavy atom. The Labute approximate surface area is 204 Å². The highest BCUT2D eigenvalue weighted by molar-refractivity contribution is 5.98. The summed E-state index contributed by atoms with van der Waals surface area (Å²) in [6.45, 7) is 5.13. The van der Waals surface area contributed by atoms with Gasteiger partial charge in [0.25, 0.3) is 5.91 Å². The molecule has 1 spiro atoms. The molecule has 2 aromatic rings. The molecule has 1 aromatic carbocycles. The smallest absolute Gasteiger partial charge is 0.256 e. The minimum absolute atomic E-state index is 0.0426. The van der Waals surface area contributed by atoms with Crippen LogP contribution in [0.5, 0.6) is 0 Å². The number of hydrogen-bond acceptors (Lipinski definition) is 5. The number of carbonyl (C=O) groups excluding carboxylic acids is 3. The van der Waals surface area contributed by atoms with Gasteiger partial charge >= 0.3 is 0 Å². The van der Waals surface area contributed by atoms with E-state index in [-0.39, 0.29) is 36.4 Å². The average molecular weight is 483 g/mol. The van der Waals surface area contributed by atoms with Gasteiger partial charge in [0.15, 0.2) is 0 Å². The van der Waals surface area contributed by atoms with Crippen molar-refractivity contribution in [3.05, 3.63) is 65.7 Å². The molecule has 1 N–H and O–H groups in total. The Balaban J connectivity index is 1.54. The van der Waals surface area contributed by atoms with E-state index in [2.05, 4.69) is 10.3 Å². The van der Waals surface area contributed by atoms with Gasteiger partial charge in [-0.2, -0.15) is 0 Å². The lowest BCUT2D eigenvalue weighted by atomic mass is 9.96. The van der Waals surface area contributed by atoms with E-state index in [1.54, 1.807) is 23.2 Å². The van der Waals surface area contributed by atoms with E-state index in [0.29, 0.717) is 38.0 Å². The summed E-state index contributed by atoms with van der Waals surface area (Å²) in [6, 6.07) is 9.84. The first-order chi connectivity index (χ1) is 16.8. The molecule has 2 fully saturated rings. The molecule has 8 nitrogen and oxygen atoms in total. The van der Waals surface area contributed by atoms with Gasteiger partial charge < -0.3 is 15.0 Å². The summed E-state index contributed by atoms with van der Waals surface area (Å²) in [5, 5.41) is 2.86. The molecule has 186 valence electrons. The van der Waals surface area contributed by atoms with E-state index >= 15 is 0 Å². The molecule has 3 amide bonds. The molecule has 0 unspecified atom stereocenters. The van der Waals surface area contributed by atoms with E-state index in [1.165, 1.54) is 29.2 Å². The van der Waals surface area contributed by atoms with Crippen LogP contribution in [0.3, 0.4) is 0 Å². The number of nitrogens with zero attached hydrogens (tertiary/aromatic N) is 3. The zero-order chi connectivity index (χ0) is 25.0. The Hall–Kier alpha value is -3.33. The predicted molar refractivity (Wildman–Crippen MR) is 126 cm³/mol. The minimum Gasteiger partial charge on any atom is -0.353 e. The fourth-order valence-corrected chi connectivity index (χ4v) is 4.68. The van der Waals surface area contributed by atoms with Crippen LogP contribution in [0.2, 0.25) is 0 Å². The first kappa shape index (κ1) is 24.8. The maximum absolute atomic E-state index is 13.6. The fourth-order valence-electron chi connectivity index (χ4n) is 4.68. The second-order valence-corrected chi connectivity index (χ2v) is 9.47. The van der Waals surface area contributed by atoms with Gasteiger partial charge in [-0.25, -0.2) is 4.39 Å². The second kappa shape index (κ2) is 10.5. The molecule has 2 aliphatic rings. The molecule has 9 heteroatoms. The normalized spacial score (nSPS) is 19.3. The molecule has 4 rings (SSSR count). The molecule has 0 aliphatic carbocycles. The van der Waals surface area contributed by atoms with Crippen molar-refractivity contribution in [1.29, 1.82) is 0 Å². The van der Waals surface area contributed by atoms with E-state index < -0.39 is 23.5 Å². The van der Waals surface area contributed by atoms with Crippen molar-refractivity contribution in [3.8, 4) is 0 Å². The predicted octanol–water partition coefficient (Wildman–Crippen LogP) is 2.74. The van der Waals surface area contributed by atoms with Gasteiger partial charge in [0.1, 0.15) is 17.6 Å². The number of ether oxygens (including phenoxy) is 1. The molecule has 1 atom stereocenters. The zero-order valence-electron chi connectivity index (χ0n) is 20.1. The summed E-state index contributed by atoms with van der Waals surface area (Å²) in [4.78, 5) is 46.9. The van der Waals surface area contributed by atoms with Gasteiger partial charge in [-0.05, 0) is 42.3 Å². The van der Waals surface area contributed by atoms with Crippen LogP contribution in [-0.4, -0.2) is 64.0 Å². The molecular formula is C26H31FN4O4. The van der Waals surface area contributed by atoms with Crippen LogP contribution in [0.1, 0.15) is 49.2 Å². The van der Waals surface area contributed by atoms with Gasteiger partial charge in [0.05, 0.1) is 18.8 Å². The standard InChI is InChI=1S/C26H31FN4O4/c1-18(2)15-23(32)30-13-10-26(11-14-30)31(25(34)19-6-8-20(27)9-7-19)22(17-35-26)24(33)29-16-21-5-3-4-12-28-21/h3-9,12,18,22H,10-11,13-17H2,1-2H3,(H,29,33)/t22-/m1/s1. The number of aromatic nitrogens is 1. The summed E-state index contributed by atoms with van der Waals surface area (Å²) in [6.07, 6.45) is 2.90. The summed E-state index contributed by atoms with van der Waals surface area (Å²) in [5.74, 6) is -0.863. The maximum Gasteiger partial charge on any atom is 0.256 e. The number of piperidine rings is 1. The van der Waals surface area contributed by atoms with Crippen LogP contribution in [0.25, 0.3) is 0 Å². The van der Waals surface area contributed by atoms with Gasteiger partial charge in [0.2, 0.25) is 11.8 Å². The number of likely N-dealkylation sites (tertiary alicyclic amines) is 1. The monoisotopic (exact) mass is 482 g/mol. The van der Waals surface area contributed by atoms with Crippen LogP contribution in [0, 0.1) is 11.7 Å². The second-order valence-electron chi connectivity index (χ2n) is 9.47. The number of pyridine rings is 1. The minimum atomic E-state index is -1.01. The molecule has 0 radical (unpaired) electrons. The van der Waals surface area contributed by atoms with Crippen LogP contribution in [0.4, 0.5) is 4.39 Å². The van der Waals surface area contributed by atoms with Gasteiger partial charge in [-0.15, -0.1) is 0 Å². The van der Waals surface area contributed by atoms with E-state index in [1.807, 2.05) is 19.9 Å². The summed E-state index contributed by atoms with van der Waals surface area (Å²) >= 11 is 0. The summed E-state index contributed by atoms with van der Waals surface area (Å²) < 4.78 is 19.7. The quantitative estimate of drug-likeness (QED) is 0.684. The number of hydrogen-bond donors (Lipinski definition) is 1. The molecule has 0 bridgehead atoms. The van der Waals surface area contributed by atoms with Crippen LogP contribution in [-0.2, 0) is 20.9 Å². The molecule has 3 heterocycles. The topological polar surface area (TPSA) is 91.8 Å². The van der Waals surface area contributed by atoms with Crippen LogP contribution < -0.4 is 5.32 Å². The Bertz CT molecular complexity index is 1050. The fraction of sp³-hybridized carbons (Fsp3) is 0.462. The Morgan fingerprint density at radius 1 is 1.14 bits per heavy atom. The zero-order valence-corrected chi connectivity index (χ0v) is 20.1. The third kappa shape index (κ3) is 5.51. The highest BCUT2D eigenvalue weighted by atomic mass is 19.1. The van der Waals surface area contributed by atoms with Crippen molar-refractivity contribution < 1.29 is 23.5 Å². The number of benzene rings is 1. The van der Waals surface area contributed by atoms with Gasteiger partial charge in [0, 0.05) is 44.1 Å². The van der Waals surface area contributed by atoms with Crippen molar-refractivity contribution in [2.24, 2.45) is 5.92 Å². The third-order valence-corrected chi connectivity index (χ3v) is 6.52. The summed E-state index contributed by atoms with van der Waals surface area (Å²) in [5.41, 5.74) is -0.0347. The van der Waals surface area contributed by atoms with Crippen molar-refractivity contribution >= 4 is 17.7 Å². The van der Waals surface area contributed by atoms with Gasteiger partial charge in [-0.3, -0.25) is 24.3 Å². The Morgan fingerprint density at radius 3 is 2.49 bits per heavy atom. The highest BCUT2D eigenvalue weighted by Crippen LogP contribution is 2.38. The van der Waals surface area contributed by atoms with Crippen LogP contribution in [0.15, 0.2) is 48.7 Å². The van der Waals surface area contributed by atoms with Crippen molar-refractivity contribution in [2.75, 3.05) is 19.7 Å². The molecule has 2 saturated heterocycles. The number of halogens is 1. The van der Waals surface area contributed by atoms with Crippen molar-refractivity contribution in [2.45, 2.75) is 51.4 Å². The maximum atomic E-state index is 13.6. The van der Waals surface area contributed by atoms with E-state index in [4.69, 9.17) is 4.74 Å². The lowest BCUT2D eigenvalue weighted by Gasteiger charge is -2.44. The lowest BCUT2D eigenvalue weighted by molar-refractivity contribution is -0.144. The molecule has 0 saturated carbocycles. The van der Waals surface area contributed by atoms with Crippen molar-refractivity contribution in [1.82, 2.24) is 20.1 Å². The lowest BCUT2D eigenvalue weighted by Crippen LogP contribution is -2.59. The Kier molecular flexibility index (Phi) is 7.45. The molecule has 2 aliphatic heterocycles. The summed E-state index contributed by atoms with van der Waals surface area (Å²) in [7, 11) is 0. The van der Waals surface area contributed by atoms with Gasteiger partial charge in [-0.1, -0.05) is 19.9 Å². The first-order valence-corrected chi connectivity index (χ1v) is 12.0. The first-order valence-electron chi connectivity index (χ1n) is 12.0. The van der Waals surface area contributed by atoms with E-state index in [9.17, 15) is 18.8 Å². The molecular weight excluding hydrogens is 451 g/mol. The average Bonchev–Trinajstić information content (AvgIpc) is 3.21. The number of carbonyl (C=O) groups is 3. The molecule has 35 heavy (non-hydrogen) atoms. The number of rotatable bonds is 6. The highest BCUT2D eigenvalue weighted by Gasteiger charge is 2.54. The third-order valence-electron chi connectivity index (χ3n) is 6.52. The number of nitrogens with one attached hydrogen (secondary N) is 1. The van der Waals surface area contributed by atoms with Crippen molar-refractivity contribution in [3.63, 3.8) is 0 Å². The molecule has 1 aromatic heterocycles. The largest absolute Gasteiger partial charge is 0.353 e. The van der Waals surface area contributed by atoms with E-state index in [0.717, 1.165) is 0 Å².